The van der Waals surface area contributed by atoms with Crippen molar-refractivity contribution < 1.29 is 4.74 Å². The molecular formula is C18H35N3O. The van der Waals surface area contributed by atoms with Crippen molar-refractivity contribution in [3.05, 3.63) is 0 Å². The fourth-order valence-electron chi connectivity index (χ4n) is 3.38. The van der Waals surface area contributed by atoms with Crippen molar-refractivity contribution in [2.45, 2.75) is 83.7 Å². The third-order valence-corrected chi connectivity index (χ3v) is 4.92. The highest BCUT2D eigenvalue weighted by atomic mass is 16.5. The van der Waals surface area contributed by atoms with E-state index in [-0.39, 0.29) is 0 Å². The fourth-order valence-corrected chi connectivity index (χ4v) is 3.38. The van der Waals surface area contributed by atoms with Crippen LogP contribution in [0.25, 0.3) is 0 Å². The average Bonchev–Trinajstić information content (AvgIpc) is 2.59. The number of hydrogen-bond donors (Lipinski definition) is 1. The Morgan fingerprint density at radius 1 is 1.18 bits per heavy atom. The molecule has 1 atom stereocenters. The highest BCUT2D eigenvalue weighted by Crippen LogP contribution is 2.21. The van der Waals surface area contributed by atoms with Gasteiger partial charge in [0.2, 0.25) is 0 Å². The van der Waals surface area contributed by atoms with Gasteiger partial charge in [-0.15, -0.1) is 0 Å². The Balaban J connectivity index is 2.00. The molecular weight excluding hydrogens is 274 g/mol. The molecule has 2 aliphatic rings. The van der Waals surface area contributed by atoms with Crippen LogP contribution in [0.2, 0.25) is 0 Å². The van der Waals surface area contributed by atoms with Crippen LogP contribution in [0, 0.1) is 0 Å². The molecule has 1 aliphatic heterocycles. The van der Waals surface area contributed by atoms with Crippen LogP contribution in [0.5, 0.6) is 0 Å². The van der Waals surface area contributed by atoms with E-state index in [9.17, 15) is 0 Å². The summed E-state index contributed by atoms with van der Waals surface area (Å²) in [6, 6.07) is 1.09. The Morgan fingerprint density at radius 2 is 1.91 bits per heavy atom. The van der Waals surface area contributed by atoms with Gasteiger partial charge in [0.25, 0.3) is 0 Å². The lowest BCUT2D eigenvalue weighted by molar-refractivity contribution is 0.0658. The lowest BCUT2D eigenvalue weighted by Crippen LogP contribution is -2.50. The van der Waals surface area contributed by atoms with Gasteiger partial charge in [0.05, 0.1) is 19.3 Å². The zero-order valence-electron chi connectivity index (χ0n) is 14.6. The molecule has 1 unspecified atom stereocenters. The van der Waals surface area contributed by atoms with Crippen LogP contribution in [-0.2, 0) is 4.74 Å². The van der Waals surface area contributed by atoms with Crippen LogP contribution in [0.4, 0.5) is 0 Å². The summed E-state index contributed by atoms with van der Waals surface area (Å²) in [7, 11) is 0. The number of rotatable bonds is 6. The Labute approximate surface area is 136 Å². The van der Waals surface area contributed by atoms with Gasteiger partial charge < -0.3 is 15.0 Å². The van der Waals surface area contributed by atoms with E-state index in [4.69, 9.17) is 9.73 Å². The number of morpholine rings is 1. The van der Waals surface area contributed by atoms with Gasteiger partial charge in [0, 0.05) is 19.1 Å². The normalized spacial score (nSPS) is 22.6. The predicted octanol–water partition coefficient (Wildman–Crippen LogP) is 3.57. The van der Waals surface area contributed by atoms with Crippen molar-refractivity contribution in [2.24, 2.45) is 4.99 Å². The third-order valence-electron chi connectivity index (χ3n) is 4.92. The van der Waals surface area contributed by atoms with Gasteiger partial charge in [0.15, 0.2) is 5.96 Å². The molecule has 1 N–H and O–H groups in total. The first-order valence-corrected chi connectivity index (χ1v) is 9.50. The van der Waals surface area contributed by atoms with Crippen LogP contribution in [0.3, 0.4) is 0 Å². The van der Waals surface area contributed by atoms with E-state index in [0.29, 0.717) is 12.1 Å². The van der Waals surface area contributed by atoms with Crippen molar-refractivity contribution >= 4 is 5.96 Å². The molecule has 2 fully saturated rings. The van der Waals surface area contributed by atoms with Gasteiger partial charge in [0.1, 0.15) is 0 Å². The number of unbranched alkanes of at least 4 members (excludes halogenated alkanes) is 1. The highest BCUT2D eigenvalue weighted by molar-refractivity contribution is 5.80. The maximum absolute atomic E-state index is 5.51. The second-order valence-corrected chi connectivity index (χ2v) is 6.74. The predicted molar refractivity (Wildman–Crippen MR) is 93.4 cm³/mol. The highest BCUT2D eigenvalue weighted by Gasteiger charge is 2.20. The summed E-state index contributed by atoms with van der Waals surface area (Å²) in [5.74, 6) is 1.15. The number of guanidine groups is 1. The summed E-state index contributed by atoms with van der Waals surface area (Å²) >= 11 is 0. The molecule has 1 aliphatic carbocycles. The molecule has 128 valence electrons. The first-order valence-electron chi connectivity index (χ1n) is 9.50. The van der Waals surface area contributed by atoms with Crippen LogP contribution in [-0.4, -0.2) is 49.2 Å². The van der Waals surface area contributed by atoms with E-state index in [1.807, 2.05) is 0 Å². The monoisotopic (exact) mass is 309 g/mol. The van der Waals surface area contributed by atoms with Crippen LogP contribution >= 0.6 is 0 Å². The summed E-state index contributed by atoms with van der Waals surface area (Å²) in [5, 5.41) is 3.78. The fraction of sp³-hybridized carbons (Fsp3) is 0.944. The minimum absolute atomic E-state index is 0.530. The number of ether oxygens (including phenoxy) is 1. The maximum atomic E-state index is 5.51. The third kappa shape index (κ3) is 5.79. The molecule has 1 saturated heterocycles. The first kappa shape index (κ1) is 17.6. The van der Waals surface area contributed by atoms with Crippen molar-refractivity contribution in [1.82, 2.24) is 10.2 Å². The first-order chi connectivity index (χ1) is 10.8. The van der Waals surface area contributed by atoms with E-state index >= 15 is 0 Å². The van der Waals surface area contributed by atoms with E-state index in [2.05, 4.69) is 24.1 Å². The van der Waals surface area contributed by atoms with Crippen LogP contribution in [0.1, 0.15) is 71.6 Å². The largest absolute Gasteiger partial charge is 0.378 e. The van der Waals surface area contributed by atoms with E-state index < -0.39 is 0 Å². The topological polar surface area (TPSA) is 36.9 Å². The molecule has 2 rings (SSSR count). The number of hydrogen-bond acceptors (Lipinski definition) is 2. The summed E-state index contributed by atoms with van der Waals surface area (Å²) < 4.78 is 5.51. The van der Waals surface area contributed by atoms with Gasteiger partial charge in [-0.25, -0.2) is 4.99 Å². The quantitative estimate of drug-likeness (QED) is 0.602. The van der Waals surface area contributed by atoms with Crippen molar-refractivity contribution in [3.8, 4) is 0 Å². The molecule has 22 heavy (non-hydrogen) atoms. The minimum atomic E-state index is 0.530. The SMILES string of the molecule is CCCCC(CC)N/C(=N/C1CCCCC1)N1CCOCC1. The van der Waals surface area contributed by atoms with Gasteiger partial charge in [-0.3, -0.25) is 0 Å². The molecule has 0 aromatic rings. The smallest absolute Gasteiger partial charge is 0.194 e. The minimum Gasteiger partial charge on any atom is -0.378 e. The number of nitrogens with zero attached hydrogens (tertiary/aromatic N) is 2. The van der Waals surface area contributed by atoms with Crippen LogP contribution < -0.4 is 5.32 Å². The average molecular weight is 309 g/mol. The zero-order chi connectivity index (χ0) is 15.6. The van der Waals surface area contributed by atoms with Crippen molar-refractivity contribution in [3.63, 3.8) is 0 Å². The van der Waals surface area contributed by atoms with E-state index in [0.717, 1.165) is 32.3 Å². The number of aliphatic imine (C=N–C) groups is 1. The molecule has 0 bridgehead atoms. The van der Waals surface area contributed by atoms with Crippen molar-refractivity contribution in [1.29, 1.82) is 0 Å². The molecule has 0 aromatic heterocycles. The second-order valence-electron chi connectivity index (χ2n) is 6.74. The molecule has 4 nitrogen and oxygen atoms in total. The second kappa shape index (κ2) is 10.1. The molecule has 0 aromatic carbocycles. The lowest BCUT2D eigenvalue weighted by Gasteiger charge is -2.33. The summed E-state index contributed by atoms with van der Waals surface area (Å²) in [4.78, 5) is 7.54. The van der Waals surface area contributed by atoms with E-state index in [1.54, 1.807) is 0 Å². The number of nitrogens with one attached hydrogen (secondary N) is 1. The Morgan fingerprint density at radius 3 is 2.55 bits per heavy atom. The maximum Gasteiger partial charge on any atom is 0.194 e. The van der Waals surface area contributed by atoms with Crippen LogP contribution in [0.15, 0.2) is 4.99 Å². The molecule has 1 heterocycles. The zero-order valence-corrected chi connectivity index (χ0v) is 14.6. The molecule has 1 saturated carbocycles. The Hall–Kier alpha value is -0.770. The molecule has 4 heteroatoms. The summed E-state index contributed by atoms with van der Waals surface area (Å²) in [6.07, 6.45) is 11.6. The standard InChI is InChI=1S/C18H35N3O/c1-3-5-9-16(4-2)19-18(21-12-14-22-15-13-21)20-17-10-7-6-8-11-17/h16-17H,3-15H2,1-2H3,(H,19,20). The van der Waals surface area contributed by atoms with Gasteiger partial charge >= 0.3 is 0 Å². The molecule has 0 radical (unpaired) electrons. The summed E-state index contributed by atoms with van der Waals surface area (Å²) in [5.41, 5.74) is 0. The Kier molecular flexibility index (Phi) is 8.06. The van der Waals surface area contributed by atoms with Gasteiger partial charge in [-0.1, -0.05) is 46.0 Å². The van der Waals surface area contributed by atoms with Gasteiger partial charge in [-0.2, -0.15) is 0 Å². The lowest BCUT2D eigenvalue weighted by atomic mass is 9.96. The van der Waals surface area contributed by atoms with E-state index in [1.165, 1.54) is 57.8 Å². The van der Waals surface area contributed by atoms with Gasteiger partial charge in [-0.05, 0) is 25.7 Å². The molecule has 0 spiro atoms. The Bertz CT molecular complexity index is 320. The molecule has 0 amide bonds. The van der Waals surface area contributed by atoms with Crippen molar-refractivity contribution in [2.75, 3.05) is 26.3 Å². The summed E-state index contributed by atoms with van der Waals surface area (Å²) in [6.45, 7) is 8.16.